The van der Waals surface area contributed by atoms with Crippen molar-refractivity contribution in [3.05, 3.63) is 22.9 Å². The molecular weight excluding hydrogens is 216 g/mol. The van der Waals surface area contributed by atoms with E-state index in [4.69, 9.17) is 11.6 Å². The SMILES string of the molecule is CC(=O)CCCCCCl.c1ccsc1. The topological polar surface area (TPSA) is 17.1 Å². The molecule has 0 atom stereocenters. The predicted octanol–water partition coefficient (Wildman–Crippen LogP) is 4.12. The van der Waals surface area contributed by atoms with Gasteiger partial charge in [-0.3, -0.25) is 0 Å². The summed E-state index contributed by atoms with van der Waals surface area (Å²) in [6.07, 6.45) is 3.84. The maximum Gasteiger partial charge on any atom is 0.129 e. The normalized spacial score (nSPS) is 9.00. The average molecular weight is 233 g/mol. The molecular formula is C11H17ClOS. The molecule has 0 N–H and O–H groups in total. The van der Waals surface area contributed by atoms with Crippen LogP contribution in [0.2, 0.25) is 0 Å². The first-order valence-corrected chi connectivity index (χ1v) is 6.27. The van der Waals surface area contributed by atoms with E-state index < -0.39 is 0 Å². The molecule has 0 fully saturated rings. The first-order chi connectivity index (χ1) is 6.77. The molecule has 1 aromatic rings. The number of Topliss-reactive ketones (excluding diaryl/α,β-unsaturated/α-hetero) is 1. The summed E-state index contributed by atoms with van der Waals surface area (Å²) in [7, 11) is 0. The number of unbranched alkanes of at least 4 members (excludes halogenated alkanes) is 2. The number of thiophene rings is 1. The number of rotatable bonds is 5. The second-order valence-corrected chi connectivity index (χ2v) is 4.19. The second kappa shape index (κ2) is 10.7. The summed E-state index contributed by atoms with van der Waals surface area (Å²) in [5.74, 6) is 1.00. The molecule has 1 nitrogen and oxygen atoms in total. The molecule has 80 valence electrons. The standard InChI is InChI=1S/C7H13ClO.C4H4S/c1-7(9)5-3-2-4-6-8;1-2-4-5-3-1/h2-6H2,1H3;1-4H. The maximum absolute atomic E-state index is 10.4. The minimum absolute atomic E-state index is 0.282. The van der Waals surface area contributed by atoms with Crippen LogP contribution in [0, 0.1) is 0 Å². The van der Waals surface area contributed by atoms with Crippen LogP contribution in [0.15, 0.2) is 22.9 Å². The van der Waals surface area contributed by atoms with Gasteiger partial charge in [0.15, 0.2) is 0 Å². The number of hydrogen-bond acceptors (Lipinski definition) is 2. The Labute approximate surface area is 95.1 Å². The van der Waals surface area contributed by atoms with Crippen LogP contribution in [0.4, 0.5) is 0 Å². The number of alkyl halides is 1. The zero-order valence-corrected chi connectivity index (χ0v) is 10.1. The van der Waals surface area contributed by atoms with E-state index in [0.717, 1.165) is 31.6 Å². The molecule has 0 aliphatic carbocycles. The second-order valence-electron chi connectivity index (χ2n) is 2.99. The van der Waals surface area contributed by atoms with Crippen molar-refractivity contribution in [2.75, 3.05) is 5.88 Å². The molecule has 0 amide bonds. The van der Waals surface area contributed by atoms with Crippen molar-refractivity contribution in [1.29, 1.82) is 0 Å². The molecule has 0 aromatic carbocycles. The summed E-state index contributed by atoms with van der Waals surface area (Å²) in [4.78, 5) is 10.4. The highest BCUT2D eigenvalue weighted by Crippen LogP contribution is 2.00. The van der Waals surface area contributed by atoms with Crippen LogP contribution < -0.4 is 0 Å². The van der Waals surface area contributed by atoms with Gasteiger partial charge < -0.3 is 4.79 Å². The molecule has 0 aliphatic heterocycles. The molecule has 14 heavy (non-hydrogen) atoms. The van der Waals surface area contributed by atoms with Crippen molar-refractivity contribution in [3.8, 4) is 0 Å². The van der Waals surface area contributed by atoms with E-state index >= 15 is 0 Å². The number of hydrogen-bond donors (Lipinski definition) is 0. The fraction of sp³-hybridized carbons (Fsp3) is 0.545. The molecule has 0 aliphatic rings. The van der Waals surface area contributed by atoms with E-state index in [2.05, 4.69) is 0 Å². The summed E-state index contributed by atoms with van der Waals surface area (Å²) in [6.45, 7) is 1.63. The maximum atomic E-state index is 10.4. The Morgan fingerprint density at radius 3 is 2.21 bits per heavy atom. The van der Waals surface area contributed by atoms with Crippen LogP contribution in [0.5, 0.6) is 0 Å². The third-order valence-electron chi connectivity index (χ3n) is 1.59. The lowest BCUT2D eigenvalue weighted by molar-refractivity contribution is -0.117. The lowest BCUT2D eigenvalue weighted by atomic mass is 10.2. The highest BCUT2D eigenvalue weighted by atomic mass is 35.5. The van der Waals surface area contributed by atoms with E-state index in [0.29, 0.717) is 0 Å². The van der Waals surface area contributed by atoms with Crippen molar-refractivity contribution in [1.82, 2.24) is 0 Å². The van der Waals surface area contributed by atoms with Crippen molar-refractivity contribution >= 4 is 28.7 Å². The highest BCUT2D eigenvalue weighted by molar-refractivity contribution is 7.07. The molecule has 1 aromatic heterocycles. The van der Waals surface area contributed by atoms with Gasteiger partial charge in [-0.05, 0) is 30.5 Å². The summed E-state index contributed by atoms with van der Waals surface area (Å²) >= 11 is 7.14. The van der Waals surface area contributed by atoms with Gasteiger partial charge in [0.2, 0.25) is 0 Å². The monoisotopic (exact) mass is 232 g/mol. The van der Waals surface area contributed by atoms with Crippen LogP contribution in [-0.4, -0.2) is 11.7 Å². The summed E-state index contributed by atoms with van der Waals surface area (Å²) in [5, 5.41) is 4.08. The van der Waals surface area contributed by atoms with E-state index in [-0.39, 0.29) is 5.78 Å². The van der Waals surface area contributed by atoms with Crippen LogP contribution >= 0.6 is 22.9 Å². The number of halogens is 1. The van der Waals surface area contributed by atoms with E-state index in [1.807, 2.05) is 22.9 Å². The Morgan fingerprint density at radius 1 is 1.21 bits per heavy atom. The Morgan fingerprint density at radius 2 is 1.86 bits per heavy atom. The minimum Gasteiger partial charge on any atom is -0.300 e. The zero-order chi connectivity index (χ0) is 10.6. The molecule has 3 heteroatoms. The molecule has 0 bridgehead atoms. The average Bonchev–Trinajstić information content (AvgIpc) is 2.70. The minimum atomic E-state index is 0.282. The molecule has 1 heterocycles. The first kappa shape index (κ1) is 13.7. The van der Waals surface area contributed by atoms with Gasteiger partial charge in [-0.15, -0.1) is 11.6 Å². The van der Waals surface area contributed by atoms with Gasteiger partial charge >= 0.3 is 0 Å². The zero-order valence-electron chi connectivity index (χ0n) is 8.54. The van der Waals surface area contributed by atoms with Gasteiger partial charge in [0.05, 0.1) is 0 Å². The van der Waals surface area contributed by atoms with Crippen LogP contribution in [0.3, 0.4) is 0 Å². The van der Waals surface area contributed by atoms with Gasteiger partial charge in [0.25, 0.3) is 0 Å². The third-order valence-corrected chi connectivity index (χ3v) is 2.48. The lowest BCUT2D eigenvalue weighted by Crippen LogP contribution is -1.88. The van der Waals surface area contributed by atoms with Gasteiger partial charge in [-0.2, -0.15) is 11.3 Å². The van der Waals surface area contributed by atoms with E-state index in [9.17, 15) is 4.79 Å². The van der Waals surface area contributed by atoms with Crippen molar-refractivity contribution in [3.63, 3.8) is 0 Å². The number of ketones is 1. The van der Waals surface area contributed by atoms with Crippen molar-refractivity contribution in [2.24, 2.45) is 0 Å². The summed E-state index contributed by atoms with van der Waals surface area (Å²) in [6, 6.07) is 4.04. The van der Waals surface area contributed by atoms with Crippen molar-refractivity contribution < 1.29 is 4.79 Å². The van der Waals surface area contributed by atoms with Crippen LogP contribution in [-0.2, 0) is 4.79 Å². The summed E-state index contributed by atoms with van der Waals surface area (Å²) < 4.78 is 0. The van der Waals surface area contributed by atoms with Crippen molar-refractivity contribution in [2.45, 2.75) is 32.6 Å². The van der Waals surface area contributed by atoms with Crippen LogP contribution in [0.25, 0.3) is 0 Å². The molecule has 0 saturated carbocycles. The molecule has 0 radical (unpaired) electrons. The van der Waals surface area contributed by atoms with Gasteiger partial charge in [0, 0.05) is 12.3 Å². The van der Waals surface area contributed by atoms with Gasteiger partial charge in [-0.25, -0.2) is 0 Å². The Balaban J connectivity index is 0.000000280. The molecule has 0 unspecified atom stereocenters. The summed E-state index contributed by atoms with van der Waals surface area (Å²) in [5.41, 5.74) is 0. The Kier molecular flexibility index (Phi) is 10.5. The molecule has 1 rings (SSSR count). The highest BCUT2D eigenvalue weighted by Gasteiger charge is 1.91. The lowest BCUT2D eigenvalue weighted by Gasteiger charge is -1.92. The first-order valence-electron chi connectivity index (χ1n) is 4.80. The number of carbonyl (C=O) groups excluding carboxylic acids is 1. The number of carbonyl (C=O) groups is 1. The van der Waals surface area contributed by atoms with Crippen LogP contribution in [0.1, 0.15) is 32.6 Å². The fourth-order valence-electron chi connectivity index (χ4n) is 0.872. The molecule has 0 spiro atoms. The fourth-order valence-corrected chi connectivity index (χ4v) is 1.51. The van der Waals surface area contributed by atoms with E-state index in [1.165, 1.54) is 0 Å². The van der Waals surface area contributed by atoms with Gasteiger partial charge in [-0.1, -0.05) is 18.6 Å². The smallest absolute Gasteiger partial charge is 0.129 e. The third kappa shape index (κ3) is 11.7. The Hall–Kier alpha value is -0.340. The Bertz CT molecular complexity index is 192. The quantitative estimate of drug-likeness (QED) is 0.551. The van der Waals surface area contributed by atoms with Gasteiger partial charge in [0.1, 0.15) is 5.78 Å². The van der Waals surface area contributed by atoms with E-state index in [1.54, 1.807) is 18.3 Å². The molecule has 0 saturated heterocycles. The largest absolute Gasteiger partial charge is 0.300 e. The predicted molar refractivity (Wildman–Crippen MR) is 64.2 cm³/mol.